The van der Waals surface area contributed by atoms with Crippen LogP contribution >= 0.6 is 0 Å². The van der Waals surface area contributed by atoms with Crippen LogP contribution in [0.1, 0.15) is 36.8 Å². The molecule has 0 saturated heterocycles. The van der Waals surface area contributed by atoms with E-state index in [1.807, 2.05) is 12.3 Å². The first-order valence-electron chi connectivity index (χ1n) is 7.06. The van der Waals surface area contributed by atoms with Gasteiger partial charge in [0.25, 0.3) is 0 Å². The van der Waals surface area contributed by atoms with Crippen molar-refractivity contribution in [3.63, 3.8) is 0 Å². The van der Waals surface area contributed by atoms with E-state index < -0.39 is 0 Å². The molecule has 0 atom stereocenters. The number of allylic oxidation sites excluding steroid dienone is 2. The lowest BCUT2D eigenvalue weighted by Crippen LogP contribution is -1.97. The minimum atomic E-state index is 1.09. The minimum Gasteiger partial charge on any atom is -0.256 e. The maximum atomic E-state index is 4.54. The first-order chi connectivity index (χ1) is 9.36. The molecule has 2 aromatic rings. The molecule has 0 bridgehead atoms. The molecule has 0 unspecified atom stereocenters. The van der Waals surface area contributed by atoms with E-state index in [2.05, 4.69) is 48.3 Å². The summed E-state index contributed by atoms with van der Waals surface area (Å²) in [6.07, 6.45) is 9.33. The molecule has 1 heterocycles. The smallest absolute Gasteiger partial charge is 0.0710 e. The lowest BCUT2D eigenvalue weighted by molar-refractivity contribution is 0.742. The number of nitrogens with zero attached hydrogens (tertiary/aromatic N) is 1. The molecule has 1 heteroatoms. The molecule has 1 aromatic carbocycles. The van der Waals surface area contributed by atoms with Gasteiger partial charge in [0.1, 0.15) is 0 Å². The van der Waals surface area contributed by atoms with E-state index in [0.717, 1.165) is 5.69 Å². The Morgan fingerprint density at radius 2 is 1.95 bits per heavy atom. The molecule has 0 fully saturated rings. The second-order valence-corrected chi connectivity index (χ2v) is 5.19. The minimum absolute atomic E-state index is 1.09. The Hall–Kier alpha value is -1.89. The Bertz CT molecular complexity index is 596. The zero-order valence-electron chi connectivity index (χ0n) is 11.4. The van der Waals surface area contributed by atoms with Gasteiger partial charge in [-0.05, 0) is 61.4 Å². The zero-order valence-corrected chi connectivity index (χ0v) is 11.4. The number of aromatic nitrogens is 1. The highest BCUT2D eigenvalue weighted by atomic mass is 14.7. The molecule has 0 spiro atoms. The molecule has 1 aliphatic rings. The van der Waals surface area contributed by atoms with Crippen molar-refractivity contribution in [2.75, 3.05) is 0 Å². The lowest BCUT2D eigenvalue weighted by Gasteiger charge is -2.18. The molecule has 0 amide bonds. The van der Waals surface area contributed by atoms with Gasteiger partial charge in [0.15, 0.2) is 0 Å². The van der Waals surface area contributed by atoms with Crippen LogP contribution in [0.3, 0.4) is 0 Å². The molecular weight excluding hydrogens is 230 g/mol. The van der Waals surface area contributed by atoms with E-state index >= 15 is 0 Å². The van der Waals surface area contributed by atoms with Gasteiger partial charge in [-0.15, -0.1) is 0 Å². The summed E-state index contributed by atoms with van der Waals surface area (Å²) in [5.74, 6) is 0. The third-order valence-electron chi connectivity index (χ3n) is 3.83. The number of benzene rings is 1. The van der Waals surface area contributed by atoms with Crippen LogP contribution in [0, 0.1) is 6.92 Å². The van der Waals surface area contributed by atoms with Gasteiger partial charge in [0.05, 0.1) is 5.69 Å². The van der Waals surface area contributed by atoms with Crippen LogP contribution in [0.2, 0.25) is 0 Å². The van der Waals surface area contributed by atoms with Crippen LogP contribution in [0.5, 0.6) is 0 Å². The number of hydrogen-bond donors (Lipinski definition) is 0. The number of hydrogen-bond acceptors (Lipinski definition) is 1. The van der Waals surface area contributed by atoms with E-state index in [1.165, 1.54) is 47.9 Å². The Labute approximate surface area is 115 Å². The summed E-state index contributed by atoms with van der Waals surface area (Å²) in [6, 6.07) is 12.7. The predicted octanol–water partition coefficient (Wildman–Crippen LogP) is 5.01. The van der Waals surface area contributed by atoms with Gasteiger partial charge in [-0.3, -0.25) is 4.98 Å². The first-order valence-corrected chi connectivity index (χ1v) is 7.06. The Morgan fingerprint density at radius 3 is 2.68 bits per heavy atom. The van der Waals surface area contributed by atoms with Gasteiger partial charge < -0.3 is 0 Å². The number of rotatable bonds is 2. The van der Waals surface area contributed by atoms with Crippen LogP contribution in [0.25, 0.3) is 16.8 Å². The van der Waals surface area contributed by atoms with Gasteiger partial charge >= 0.3 is 0 Å². The number of pyridine rings is 1. The molecule has 1 nitrogen and oxygen atoms in total. The van der Waals surface area contributed by atoms with Crippen LogP contribution in [-0.2, 0) is 0 Å². The molecule has 3 rings (SSSR count). The van der Waals surface area contributed by atoms with Crippen molar-refractivity contribution in [1.82, 2.24) is 4.98 Å². The van der Waals surface area contributed by atoms with Crippen LogP contribution < -0.4 is 0 Å². The van der Waals surface area contributed by atoms with Gasteiger partial charge in [-0.25, -0.2) is 0 Å². The molecular formula is C18H19N. The quantitative estimate of drug-likeness (QED) is 0.728. The fourth-order valence-electron chi connectivity index (χ4n) is 2.87. The fourth-order valence-corrected chi connectivity index (χ4v) is 2.87. The highest BCUT2D eigenvalue weighted by molar-refractivity contribution is 5.82. The van der Waals surface area contributed by atoms with Crippen molar-refractivity contribution >= 4 is 5.57 Å². The van der Waals surface area contributed by atoms with Crippen molar-refractivity contribution in [1.29, 1.82) is 0 Å². The summed E-state index contributed by atoms with van der Waals surface area (Å²) in [5.41, 5.74) is 6.56. The first kappa shape index (κ1) is 12.2. The Kier molecular flexibility index (Phi) is 3.45. The van der Waals surface area contributed by atoms with E-state index in [4.69, 9.17) is 0 Å². The van der Waals surface area contributed by atoms with Gasteiger partial charge in [-0.2, -0.15) is 0 Å². The molecule has 0 N–H and O–H groups in total. The second kappa shape index (κ2) is 5.40. The van der Waals surface area contributed by atoms with Gasteiger partial charge in [0.2, 0.25) is 0 Å². The highest BCUT2D eigenvalue weighted by Gasteiger charge is 2.14. The van der Waals surface area contributed by atoms with Crippen molar-refractivity contribution < 1.29 is 0 Å². The average Bonchev–Trinajstić information content (AvgIpc) is 2.49. The maximum absolute atomic E-state index is 4.54. The molecule has 0 saturated carbocycles. The van der Waals surface area contributed by atoms with Crippen LogP contribution in [0.15, 0.2) is 48.7 Å². The second-order valence-electron chi connectivity index (χ2n) is 5.19. The summed E-state index contributed by atoms with van der Waals surface area (Å²) in [6.45, 7) is 2.18. The topological polar surface area (TPSA) is 12.9 Å². The Morgan fingerprint density at radius 1 is 1.00 bits per heavy atom. The molecule has 1 aliphatic carbocycles. The van der Waals surface area contributed by atoms with Crippen molar-refractivity contribution in [2.45, 2.75) is 32.6 Å². The summed E-state index contributed by atoms with van der Waals surface area (Å²) >= 11 is 0. The lowest BCUT2D eigenvalue weighted by atomic mass is 9.88. The molecule has 19 heavy (non-hydrogen) atoms. The zero-order chi connectivity index (χ0) is 13.1. The van der Waals surface area contributed by atoms with Crippen molar-refractivity contribution in [2.24, 2.45) is 0 Å². The van der Waals surface area contributed by atoms with E-state index in [-0.39, 0.29) is 0 Å². The third-order valence-corrected chi connectivity index (χ3v) is 3.83. The van der Waals surface area contributed by atoms with E-state index in [1.54, 1.807) is 0 Å². The van der Waals surface area contributed by atoms with E-state index in [0.29, 0.717) is 0 Å². The van der Waals surface area contributed by atoms with Crippen molar-refractivity contribution in [3.05, 3.63) is 59.8 Å². The SMILES string of the molecule is Cc1cccc(C2=CCCCC2)c1-c1ccccn1. The van der Waals surface area contributed by atoms with Gasteiger partial charge in [0, 0.05) is 11.8 Å². The molecule has 0 radical (unpaired) electrons. The fraction of sp³-hybridized carbons (Fsp3) is 0.278. The Balaban J connectivity index is 2.15. The predicted molar refractivity (Wildman–Crippen MR) is 80.9 cm³/mol. The average molecular weight is 249 g/mol. The molecule has 96 valence electrons. The monoisotopic (exact) mass is 249 g/mol. The molecule has 0 aliphatic heterocycles. The molecule has 1 aromatic heterocycles. The van der Waals surface area contributed by atoms with Crippen LogP contribution in [-0.4, -0.2) is 4.98 Å². The summed E-state index contributed by atoms with van der Waals surface area (Å²) in [5, 5.41) is 0. The van der Waals surface area contributed by atoms with E-state index in [9.17, 15) is 0 Å². The van der Waals surface area contributed by atoms with Crippen LogP contribution in [0.4, 0.5) is 0 Å². The maximum Gasteiger partial charge on any atom is 0.0710 e. The number of aryl methyl sites for hydroxylation is 1. The van der Waals surface area contributed by atoms with Gasteiger partial charge in [-0.1, -0.05) is 30.3 Å². The third kappa shape index (κ3) is 2.46. The van der Waals surface area contributed by atoms with Crippen molar-refractivity contribution in [3.8, 4) is 11.3 Å². The largest absolute Gasteiger partial charge is 0.256 e. The summed E-state index contributed by atoms with van der Waals surface area (Å²) in [4.78, 5) is 4.54. The summed E-state index contributed by atoms with van der Waals surface area (Å²) < 4.78 is 0. The standard InChI is InChI=1S/C18H19N/c1-14-8-7-11-16(15-9-3-2-4-10-15)18(14)17-12-5-6-13-19-17/h5-9,11-13H,2-4,10H2,1H3. The summed E-state index contributed by atoms with van der Waals surface area (Å²) in [7, 11) is 0. The highest BCUT2D eigenvalue weighted by Crippen LogP contribution is 2.35. The normalized spacial score (nSPS) is 15.1.